The third-order valence-corrected chi connectivity index (χ3v) is 2.69. The third-order valence-electron chi connectivity index (χ3n) is 2.69. The van der Waals surface area contributed by atoms with Gasteiger partial charge < -0.3 is 4.74 Å². The first-order valence-corrected chi connectivity index (χ1v) is 5.69. The molecule has 20 heavy (non-hydrogen) atoms. The number of nitro groups is 1. The zero-order chi connectivity index (χ0) is 14.7. The van der Waals surface area contributed by atoms with E-state index in [2.05, 4.69) is 0 Å². The predicted molar refractivity (Wildman–Crippen MR) is 69.7 cm³/mol. The van der Waals surface area contributed by atoms with Crippen LogP contribution in [0.3, 0.4) is 0 Å². The molecule has 0 bridgehead atoms. The van der Waals surface area contributed by atoms with Gasteiger partial charge in [0.25, 0.3) is 5.69 Å². The van der Waals surface area contributed by atoms with E-state index in [1.807, 2.05) is 0 Å². The van der Waals surface area contributed by atoms with Gasteiger partial charge in [-0.3, -0.25) is 14.9 Å². The van der Waals surface area contributed by atoms with Crippen LogP contribution in [0.2, 0.25) is 0 Å². The van der Waals surface area contributed by atoms with Crippen LogP contribution in [0.4, 0.5) is 10.1 Å². The zero-order valence-corrected chi connectivity index (χ0v) is 10.5. The number of nitrogens with zero attached hydrogens (tertiary/aromatic N) is 1. The average Bonchev–Trinajstić information content (AvgIpc) is 2.42. The largest absolute Gasteiger partial charge is 0.457 e. The van der Waals surface area contributed by atoms with Gasteiger partial charge in [-0.05, 0) is 42.8 Å². The highest BCUT2D eigenvalue weighted by Crippen LogP contribution is 2.27. The maximum Gasteiger partial charge on any atom is 0.280 e. The first-order chi connectivity index (χ1) is 9.51. The van der Waals surface area contributed by atoms with Gasteiger partial charge in [0.2, 0.25) is 0 Å². The Morgan fingerprint density at radius 1 is 1.20 bits per heavy atom. The van der Waals surface area contributed by atoms with Crippen molar-refractivity contribution in [2.24, 2.45) is 0 Å². The molecule has 0 saturated heterocycles. The molecule has 0 aromatic heterocycles. The van der Waals surface area contributed by atoms with Crippen LogP contribution in [0, 0.1) is 22.9 Å². The molecule has 102 valence electrons. The van der Waals surface area contributed by atoms with Crippen molar-refractivity contribution in [2.75, 3.05) is 0 Å². The molecule has 0 heterocycles. The minimum absolute atomic E-state index is 0.0775. The van der Waals surface area contributed by atoms with Crippen LogP contribution in [0.25, 0.3) is 0 Å². The standard InChI is InChI=1S/C14H10FNO4/c1-9-6-11(2-4-13(9)15)20-12-3-5-14(16(18)19)10(7-12)8-17/h2-8H,1H3. The quantitative estimate of drug-likeness (QED) is 0.485. The van der Waals surface area contributed by atoms with E-state index in [0.29, 0.717) is 17.6 Å². The van der Waals surface area contributed by atoms with Crippen LogP contribution in [-0.2, 0) is 0 Å². The van der Waals surface area contributed by atoms with Gasteiger partial charge in [0.15, 0.2) is 6.29 Å². The second kappa shape index (κ2) is 5.48. The number of nitro benzene ring substituents is 1. The number of carbonyl (C=O) groups excluding carboxylic acids is 1. The molecule has 0 unspecified atom stereocenters. The number of hydrogen-bond acceptors (Lipinski definition) is 4. The summed E-state index contributed by atoms with van der Waals surface area (Å²) in [4.78, 5) is 20.9. The van der Waals surface area contributed by atoms with Crippen LogP contribution >= 0.6 is 0 Å². The average molecular weight is 275 g/mol. The minimum atomic E-state index is -0.643. The Bertz CT molecular complexity index is 685. The molecule has 5 nitrogen and oxygen atoms in total. The Morgan fingerprint density at radius 2 is 1.85 bits per heavy atom. The highest BCUT2D eigenvalue weighted by molar-refractivity contribution is 5.82. The van der Waals surface area contributed by atoms with Gasteiger partial charge in [0.05, 0.1) is 10.5 Å². The molecule has 0 fully saturated rings. The summed E-state index contributed by atoms with van der Waals surface area (Å²) in [6.45, 7) is 1.59. The lowest BCUT2D eigenvalue weighted by molar-refractivity contribution is -0.385. The number of halogens is 1. The minimum Gasteiger partial charge on any atom is -0.457 e. The number of rotatable bonds is 4. The highest BCUT2D eigenvalue weighted by Gasteiger charge is 2.14. The summed E-state index contributed by atoms with van der Waals surface area (Å²) in [7, 11) is 0. The molecule has 2 aromatic carbocycles. The van der Waals surface area contributed by atoms with Crippen LogP contribution in [0.15, 0.2) is 36.4 Å². The van der Waals surface area contributed by atoms with Gasteiger partial charge in [0.1, 0.15) is 17.3 Å². The smallest absolute Gasteiger partial charge is 0.280 e. The second-order valence-corrected chi connectivity index (χ2v) is 4.11. The Hall–Kier alpha value is -2.76. The molecule has 0 radical (unpaired) electrons. The zero-order valence-electron chi connectivity index (χ0n) is 10.5. The molecule has 0 saturated carbocycles. The summed E-state index contributed by atoms with van der Waals surface area (Å²) in [6.07, 6.45) is 0.390. The van der Waals surface area contributed by atoms with Gasteiger partial charge in [-0.15, -0.1) is 0 Å². The van der Waals surface area contributed by atoms with Crippen molar-refractivity contribution < 1.29 is 18.8 Å². The summed E-state index contributed by atoms with van der Waals surface area (Å²) >= 11 is 0. The van der Waals surface area contributed by atoms with E-state index >= 15 is 0 Å². The number of ether oxygens (including phenoxy) is 1. The molecule has 0 atom stereocenters. The number of benzene rings is 2. The van der Waals surface area contributed by atoms with E-state index in [0.717, 1.165) is 0 Å². The molecule has 6 heteroatoms. The van der Waals surface area contributed by atoms with E-state index in [-0.39, 0.29) is 22.8 Å². The monoisotopic (exact) mass is 275 g/mol. The van der Waals surface area contributed by atoms with E-state index in [4.69, 9.17) is 4.74 Å². The molecule has 0 spiro atoms. The van der Waals surface area contributed by atoms with E-state index in [1.54, 1.807) is 6.92 Å². The molecule has 0 aliphatic carbocycles. The van der Waals surface area contributed by atoms with Gasteiger partial charge in [-0.25, -0.2) is 4.39 Å². The lowest BCUT2D eigenvalue weighted by Gasteiger charge is -2.07. The molecule has 0 aliphatic heterocycles. The van der Waals surface area contributed by atoms with Crippen LogP contribution in [0.1, 0.15) is 15.9 Å². The normalized spacial score (nSPS) is 10.1. The summed E-state index contributed by atoms with van der Waals surface area (Å²) in [5.74, 6) is 0.299. The predicted octanol–water partition coefficient (Wildman–Crippen LogP) is 3.65. The fourth-order valence-corrected chi connectivity index (χ4v) is 1.67. The third kappa shape index (κ3) is 2.80. The number of carbonyl (C=O) groups is 1. The fourth-order valence-electron chi connectivity index (χ4n) is 1.67. The van der Waals surface area contributed by atoms with Gasteiger partial charge >= 0.3 is 0 Å². The first kappa shape index (κ1) is 13.7. The number of hydrogen-bond donors (Lipinski definition) is 0. The Morgan fingerprint density at radius 3 is 2.45 bits per heavy atom. The van der Waals surface area contributed by atoms with Gasteiger partial charge in [0, 0.05) is 6.07 Å². The van der Waals surface area contributed by atoms with Gasteiger partial charge in [-0.2, -0.15) is 0 Å². The molecule has 2 rings (SSSR count). The van der Waals surface area contributed by atoms with Crippen molar-refractivity contribution in [3.63, 3.8) is 0 Å². The molecular formula is C14H10FNO4. The topological polar surface area (TPSA) is 69.4 Å². The van der Waals surface area contributed by atoms with Crippen LogP contribution in [0.5, 0.6) is 11.5 Å². The maximum absolute atomic E-state index is 13.1. The van der Waals surface area contributed by atoms with Crippen molar-refractivity contribution in [3.05, 3.63) is 63.5 Å². The Labute approximate surface area is 113 Å². The maximum atomic E-state index is 13.1. The summed E-state index contributed by atoms with van der Waals surface area (Å²) < 4.78 is 18.6. The summed E-state index contributed by atoms with van der Waals surface area (Å²) in [6, 6.07) is 8.03. The van der Waals surface area contributed by atoms with E-state index in [9.17, 15) is 19.3 Å². The summed E-state index contributed by atoms with van der Waals surface area (Å²) in [5.41, 5.74) is 0.0500. The van der Waals surface area contributed by atoms with Crippen LogP contribution in [-0.4, -0.2) is 11.2 Å². The fraction of sp³-hybridized carbons (Fsp3) is 0.0714. The van der Waals surface area contributed by atoms with E-state index in [1.165, 1.54) is 36.4 Å². The second-order valence-electron chi connectivity index (χ2n) is 4.11. The Kier molecular flexibility index (Phi) is 3.74. The number of aldehydes is 1. The highest BCUT2D eigenvalue weighted by atomic mass is 19.1. The summed E-state index contributed by atoms with van der Waals surface area (Å²) in [5, 5.41) is 10.7. The van der Waals surface area contributed by atoms with E-state index < -0.39 is 4.92 Å². The lowest BCUT2D eigenvalue weighted by atomic mass is 10.2. The molecule has 0 N–H and O–H groups in total. The van der Waals surface area contributed by atoms with Gasteiger partial charge in [-0.1, -0.05) is 0 Å². The van der Waals surface area contributed by atoms with Crippen LogP contribution < -0.4 is 4.74 Å². The molecule has 0 amide bonds. The van der Waals surface area contributed by atoms with Crippen molar-refractivity contribution in [3.8, 4) is 11.5 Å². The molecular weight excluding hydrogens is 265 g/mol. The van der Waals surface area contributed by atoms with Crippen molar-refractivity contribution in [1.82, 2.24) is 0 Å². The van der Waals surface area contributed by atoms with Crippen molar-refractivity contribution >= 4 is 12.0 Å². The molecule has 2 aromatic rings. The number of aryl methyl sites for hydroxylation is 1. The lowest BCUT2D eigenvalue weighted by Crippen LogP contribution is -1.95. The Balaban J connectivity index is 2.32. The first-order valence-electron chi connectivity index (χ1n) is 5.69. The SMILES string of the molecule is Cc1cc(Oc2ccc([N+](=O)[O-])c(C=O)c2)ccc1F. The van der Waals surface area contributed by atoms with Crippen molar-refractivity contribution in [1.29, 1.82) is 0 Å². The van der Waals surface area contributed by atoms with Crippen molar-refractivity contribution in [2.45, 2.75) is 6.92 Å². The molecule has 0 aliphatic rings.